The van der Waals surface area contributed by atoms with Crippen molar-refractivity contribution in [3.63, 3.8) is 0 Å². The van der Waals surface area contributed by atoms with E-state index in [9.17, 15) is 9.59 Å². The molecule has 0 spiro atoms. The summed E-state index contributed by atoms with van der Waals surface area (Å²) in [5.41, 5.74) is 1.39. The number of rotatable bonds is 4. The number of carbonyl (C=O) groups is 2. The molecule has 1 saturated heterocycles. The third kappa shape index (κ3) is 4.22. The standard InChI is InChI=1S/C18H18ClN3O3/c1-25-16-4-2-3-15(10-16)22-11-14(9-17(22)23)21-18(24)20-13-7-5-12(19)6-8-13/h2-8,10,14H,9,11H2,1H3,(H2,20,21,24)/t14-/m0/s1. The smallest absolute Gasteiger partial charge is 0.319 e. The molecule has 0 unspecified atom stereocenters. The highest BCUT2D eigenvalue weighted by Gasteiger charge is 2.31. The lowest BCUT2D eigenvalue weighted by molar-refractivity contribution is -0.117. The number of anilines is 2. The van der Waals surface area contributed by atoms with Crippen molar-refractivity contribution in [2.45, 2.75) is 12.5 Å². The molecule has 0 saturated carbocycles. The number of benzene rings is 2. The van der Waals surface area contributed by atoms with Gasteiger partial charge in [0.1, 0.15) is 5.75 Å². The average molecular weight is 360 g/mol. The molecule has 7 heteroatoms. The topological polar surface area (TPSA) is 70.7 Å². The minimum Gasteiger partial charge on any atom is -0.497 e. The lowest BCUT2D eigenvalue weighted by Gasteiger charge is -2.18. The first-order valence-corrected chi connectivity index (χ1v) is 8.20. The number of hydrogen-bond donors (Lipinski definition) is 2. The van der Waals surface area contributed by atoms with Crippen LogP contribution in [0.25, 0.3) is 0 Å². The van der Waals surface area contributed by atoms with Crippen molar-refractivity contribution in [2.75, 3.05) is 23.9 Å². The maximum atomic E-state index is 12.3. The van der Waals surface area contributed by atoms with Gasteiger partial charge in [-0.3, -0.25) is 4.79 Å². The third-order valence-electron chi connectivity index (χ3n) is 3.93. The summed E-state index contributed by atoms with van der Waals surface area (Å²) < 4.78 is 5.19. The van der Waals surface area contributed by atoms with Crippen LogP contribution in [0, 0.1) is 0 Å². The molecular formula is C18H18ClN3O3. The molecule has 0 aromatic heterocycles. The van der Waals surface area contributed by atoms with Crippen LogP contribution in [0.4, 0.5) is 16.2 Å². The number of methoxy groups -OCH3 is 1. The SMILES string of the molecule is COc1cccc(N2C[C@@H](NC(=O)Nc3ccc(Cl)cc3)CC2=O)c1. The fourth-order valence-corrected chi connectivity index (χ4v) is 2.84. The molecule has 1 fully saturated rings. The molecular weight excluding hydrogens is 342 g/mol. The van der Waals surface area contributed by atoms with Crippen molar-refractivity contribution in [1.29, 1.82) is 0 Å². The van der Waals surface area contributed by atoms with E-state index in [0.29, 0.717) is 23.0 Å². The second-order valence-corrected chi connectivity index (χ2v) is 6.15. The summed E-state index contributed by atoms with van der Waals surface area (Å²) in [7, 11) is 1.58. The molecule has 130 valence electrons. The van der Waals surface area contributed by atoms with E-state index >= 15 is 0 Å². The normalized spacial score (nSPS) is 16.6. The maximum Gasteiger partial charge on any atom is 0.319 e. The van der Waals surface area contributed by atoms with Gasteiger partial charge in [-0.25, -0.2) is 4.79 Å². The predicted molar refractivity (Wildman–Crippen MR) is 97.4 cm³/mol. The fraction of sp³-hybridized carbons (Fsp3) is 0.222. The van der Waals surface area contributed by atoms with Crippen molar-refractivity contribution in [1.82, 2.24) is 5.32 Å². The molecule has 3 rings (SSSR count). The number of amides is 3. The van der Waals surface area contributed by atoms with Crippen LogP contribution in [-0.4, -0.2) is 31.6 Å². The van der Waals surface area contributed by atoms with Crippen LogP contribution in [0.5, 0.6) is 5.75 Å². The largest absolute Gasteiger partial charge is 0.497 e. The monoisotopic (exact) mass is 359 g/mol. The Morgan fingerprint density at radius 3 is 2.72 bits per heavy atom. The molecule has 0 aliphatic carbocycles. The van der Waals surface area contributed by atoms with Gasteiger partial charge in [0.15, 0.2) is 0 Å². The molecule has 3 amide bonds. The molecule has 2 aromatic carbocycles. The van der Waals surface area contributed by atoms with Crippen LogP contribution < -0.4 is 20.3 Å². The summed E-state index contributed by atoms with van der Waals surface area (Å²) >= 11 is 5.82. The second kappa shape index (κ2) is 7.44. The molecule has 2 aromatic rings. The zero-order chi connectivity index (χ0) is 17.8. The Bertz CT molecular complexity index is 779. The zero-order valence-electron chi connectivity index (χ0n) is 13.7. The van der Waals surface area contributed by atoms with Gasteiger partial charge >= 0.3 is 6.03 Å². The zero-order valence-corrected chi connectivity index (χ0v) is 14.4. The minimum atomic E-state index is -0.354. The number of nitrogens with one attached hydrogen (secondary N) is 2. The van der Waals surface area contributed by atoms with E-state index in [1.165, 1.54) is 0 Å². The van der Waals surface area contributed by atoms with E-state index in [0.717, 1.165) is 5.69 Å². The van der Waals surface area contributed by atoms with E-state index in [4.69, 9.17) is 16.3 Å². The van der Waals surface area contributed by atoms with Crippen molar-refractivity contribution < 1.29 is 14.3 Å². The van der Waals surface area contributed by atoms with E-state index in [1.807, 2.05) is 18.2 Å². The number of ether oxygens (including phenoxy) is 1. The van der Waals surface area contributed by atoms with Crippen molar-refractivity contribution in [3.8, 4) is 5.75 Å². The highest BCUT2D eigenvalue weighted by Crippen LogP contribution is 2.25. The molecule has 0 radical (unpaired) electrons. The van der Waals surface area contributed by atoms with E-state index < -0.39 is 0 Å². The Kier molecular flexibility index (Phi) is 5.09. The highest BCUT2D eigenvalue weighted by atomic mass is 35.5. The van der Waals surface area contributed by atoms with Gasteiger partial charge in [-0.2, -0.15) is 0 Å². The van der Waals surface area contributed by atoms with Crippen LogP contribution in [-0.2, 0) is 4.79 Å². The van der Waals surface area contributed by atoms with Crippen LogP contribution in [0.15, 0.2) is 48.5 Å². The fourth-order valence-electron chi connectivity index (χ4n) is 2.72. The quantitative estimate of drug-likeness (QED) is 0.880. The summed E-state index contributed by atoms with van der Waals surface area (Å²) in [5, 5.41) is 6.15. The average Bonchev–Trinajstić information content (AvgIpc) is 2.97. The van der Waals surface area contributed by atoms with E-state index in [-0.39, 0.29) is 24.4 Å². The molecule has 6 nitrogen and oxygen atoms in total. The molecule has 1 aliphatic rings. The first kappa shape index (κ1) is 17.1. The number of carbonyl (C=O) groups excluding carboxylic acids is 2. The Balaban J connectivity index is 1.60. The van der Waals surface area contributed by atoms with Gasteiger partial charge in [-0.1, -0.05) is 17.7 Å². The number of hydrogen-bond acceptors (Lipinski definition) is 3. The summed E-state index contributed by atoms with van der Waals surface area (Å²) in [5.74, 6) is 0.646. The van der Waals surface area contributed by atoms with Crippen LogP contribution in [0.3, 0.4) is 0 Å². The summed E-state index contributed by atoms with van der Waals surface area (Å²) in [6, 6.07) is 13.5. The van der Waals surface area contributed by atoms with Gasteiger partial charge in [0.05, 0.1) is 13.2 Å². The van der Waals surface area contributed by atoms with Crippen molar-refractivity contribution in [3.05, 3.63) is 53.6 Å². The first-order valence-electron chi connectivity index (χ1n) is 7.82. The third-order valence-corrected chi connectivity index (χ3v) is 4.18. The van der Waals surface area contributed by atoms with Gasteiger partial charge in [-0.15, -0.1) is 0 Å². The summed E-state index contributed by atoms with van der Waals surface area (Å²) in [6.45, 7) is 0.417. The van der Waals surface area contributed by atoms with Gasteiger partial charge < -0.3 is 20.3 Å². The molecule has 2 N–H and O–H groups in total. The van der Waals surface area contributed by atoms with E-state index in [2.05, 4.69) is 10.6 Å². The van der Waals surface area contributed by atoms with Gasteiger partial charge in [0.2, 0.25) is 5.91 Å². The van der Waals surface area contributed by atoms with Crippen molar-refractivity contribution >= 4 is 34.9 Å². The molecule has 25 heavy (non-hydrogen) atoms. The van der Waals surface area contributed by atoms with Crippen LogP contribution in [0.1, 0.15) is 6.42 Å². The van der Waals surface area contributed by atoms with E-state index in [1.54, 1.807) is 42.3 Å². The lowest BCUT2D eigenvalue weighted by Crippen LogP contribution is -2.39. The number of halogens is 1. The number of urea groups is 1. The number of nitrogens with zero attached hydrogens (tertiary/aromatic N) is 1. The Hall–Kier alpha value is -2.73. The second-order valence-electron chi connectivity index (χ2n) is 5.71. The highest BCUT2D eigenvalue weighted by molar-refractivity contribution is 6.30. The lowest BCUT2D eigenvalue weighted by atomic mass is 10.2. The summed E-state index contributed by atoms with van der Waals surface area (Å²) in [6.07, 6.45) is 0.255. The first-order chi connectivity index (χ1) is 12.0. The summed E-state index contributed by atoms with van der Waals surface area (Å²) in [4.78, 5) is 26.0. The van der Waals surface area contributed by atoms with Gasteiger partial charge in [0, 0.05) is 35.4 Å². The van der Waals surface area contributed by atoms with Crippen molar-refractivity contribution in [2.24, 2.45) is 0 Å². The Labute approximate surface area is 150 Å². The molecule has 1 heterocycles. The predicted octanol–water partition coefficient (Wildman–Crippen LogP) is 3.28. The molecule has 0 bridgehead atoms. The van der Waals surface area contributed by atoms with Crippen LogP contribution >= 0.6 is 11.6 Å². The molecule has 1 aliphatic heterocycles. The maximum absolute atomic E-state index is 12.3. The van der Waals surface area contributed by atoms with Crippen LogP contribution in [0.2, 0.25) is 5.02 Å². The Morgan fingerprint density at radius 1 is 1.24 bits per heavy atom. The molecule has 1 atom stereocenters. The van der Waals surface area contributed by atoms with Gasteiger partial charge in [0.25, 0.3) is 0 Å². The minimum absolute atomic E-state index is 0.0370. The Morgan fingerprint density at radius 2 is 2.00 bits per heavy atom. The van der Waals surface area contributed by atoms with Gasteiger partial charge in [-0.05, 0) is 36.4 Å².